The summed E-state index contributed by atoms with van der Waals surface area (Å²) in [4.78, 5) is 15.7. The molecule has 144 valence electrons. The van der Waals surface area contributed by atoms with E-state index < -0.39 is 0 Å². The molecule has 1 unspecified atom stereocenters. The van der Waals surface area contributed by atoms with Crippen molar-refractivity contribution in [3.63, 3.8) is 0 Å². The topological polar surface area (TPSA) is 50.7 Å². The molecule has 4 nitrogen and oxygen atoms in total. The van der Waals surface area contributed by atoms with E-state index in [1.54, 1.807) is 11.8 Å². The summed E-state index contributed by atoms with van der Waals surface area (Å²) in [6.45, 7) is 2.04. The molecule has 5 aromatic rings. The summed E-state index contributed by atoms with van der Waals surface area (Å²) in [6.07, 6.45) is 1.88. The molecule has 2 aromatic heterocycles. The monoisotopic (exact) mass is 406 g/mol. The minimum absolute atomic E-state index is 0.125. The highest BCUT2D eigenvalue weighted by atomic mass is 32.2. The van der Waals surface area contributed by atoms with Crippen LogP contribution in [0.3, 0.4) is 0 Å². The smallest absolute Gasteiger partial charge is 0.161 e. The Balaban J connectivity index is 1.39. The van der Waals surface area contributed by atoms with Gasteiger partial charge in [0.1, 0.15) is 5.37 Å². The lowest BCUT2D eigenvalue weighted by atomic mass is 10.1. The van der Waals surface area contributed by atoms with Gasteiger partial charge in [-0.2, -0.15) is 0 Å². The van der Waals surface area contributed by atoms with Gasteiger partial charge in [-0.05, 0) is 36.6 Å². The summed E-state index contributed by atoms with van der Waals surface area (Å²) < 4.78 is 0. The Labute approximate surface area is 178 Å². The number of hydrogen-bond acceptors (Lipinski definition) is 5. The number of thioether (sulfide) groups is 1. The van der Waals surface area contributed by atoms with Crippen LogP contribution < -0.4 is 5.32 Å². The molecule has 0 fully saturated rings. The first kappa shape index (κ1) is 17.4. The van der Waals surface area contributed by atoms with E-state index in [-0.39, 0.29) is 5.37 Å². The average Bonchev–Trinajstić information content (AvgIpc) is 3.23. The number of aromatic nitrogens is 3. The molecule has 1 N–H and O–H groups in total. The van der Waals surface area contributed by atoms with Crippen molar-refractivity contribution in [1.29, 1.82) is 0 Å². The number of hydrogen-bond donors (Lipinski definition) is 1. The maximum Gasteiger partial charge on any atom is 0.161 e. The van der Waals surface area contributed by atoms with E-state index in [1.807, 2.05) is 19.2 Å². The van der Waals surface area contributed by atoms with E-state index in [4.69, 9.17) is 15.0 Å². The van der Waals surface area contributed by atoms with Crippen molar-refractivity contribution in [3.8, 4) is 11.4 Å². The summed E-state index contributed by atoms with van der Waals surface area (Å²) in [6, 6.07) is 25.1. The van der Waals surface area contributed by atoms with Gasteiger partial charge in [0.05, 0.1) is 11.2 Å². The lowest BCUT2D eigenvalue weighted by Gasteiger charge is -2.11. The van der Waals surface area contributed by atoms with Crippen molar-refractivity contribution >= 4 is 39.1 Å². The normalized spacial score (nSPS) is 15.3. The summed E-state index contributed by atoms with van der Waals surface area (Å²) in [7, 11) is 0. The summed E-state index contributed by atoms with van der Waals surface area (Å²) in [5.74, 6) is 0.714. The van der Waals surface area contributed by atoms with Gasteiger partial charge >= 0.3 is 0 Å². The largest absolute Gasteiger partial charge is 0.367 e. The van der Waals surface area contributed by atoms with Gasteiger partial charge in [0.15, 0.2) is 5.82 Å². The van der Waals surface area contributed by atoms with Crippen LogP contribution >= 0.6 is 11.8 Å². The minimum atomic E-state index is 0.125. The van der Waals surface area contributed by atoms with Crippen molar-refractivity contribution in [3.05, 3.63) is 90.4 Å². The van der Waals surface area contributed by atoms with E-state index >= 15 is 0 Å². The average molecular weight is 407 g/mol. The number of nitrogens with zero attached hydrogens (tertiary/aromatic N) is 3. The fourth-order valence-corrected chi connectivity index (χ4v) is 5.07. The highest BCUT2D eigenvalue weighted by molar-refractivity contribution is 8.00. The second kappa shape index (κ2) is 6.82. The maximum absolute atomic E-state index is 4.92. The van der Waals surface area contributed by atoms with Crippen molar-refractivity contribution in [1.82, 2.24) is 15.0 Å². The van der Waals surface area contributed by atoms with Crippen molar-refractivity contribution in [2.45, 2.75) is 17.2 Å². The van der Waals surface area contributed by atoms with E-state index in [2.05, 4.69) is 72.0 Å². The molecule has 3 aromatic carbocycles. The third-order valence-corrected chi connectivity index (χ3v) is 6.72. The zero-order chi connectivity index (χ0) is 20.1. The Morgan fingerprint density at radius 1 is 0.833 bits per heavy atom. The number of aryl methyl sites for hydroxylation is 1. The molecule has 30 heavy (non-hydrogen) atoms. The second-order valence-corrected chi connectivity index (χ2v) is 8.57. The quantitative estimate of drug-likeness (QED) is 0.345. The summed E-state index contributed by atoms with van der Waals surface area (Å²) in [5.41, 5.74) is 5.07. The molecule has 0 radical (unpaired) electrons. The number of benzene rings is 3. The maximum atomic E-state index is 4.92. The molecule has 0 saturated heterocycles. The fraction of sp³-hybridized carbons (Fsp3) is 0.0800. The van der Waals surface area contributed by atoms with Crippen LogP contribution in [0.25, 0.3) is 33.1 Å². The third-order valence-electron chi connectivity index (χ3n) is 5.51. The predicted octanol–water partition coefficient (Wildman–Crippen LogP) is 6.37. The van der Waals surface area contributed by atoms with Crippen LogP contribution in [0.5, 0.6) is 0 Å². The molecule has 1 atom stereocenters. The molecule has 0 spiro atoms. The van der Waals surface area contributed by atoms with Gasteiger partial charge in [0.2, 0.25) is 0 Å². The van der Waals surface area contributed by atoms with Crippen LogP contribution in [0.1, 0.15) is 16.8 Å². The molecular formula is C25H18N4S. The summed E-state index contributed by atoms with van der Waals surface area (Å²) >= 11 is 1.79. The zero-order valence-corrected chi connectivity index (χ0v) is 17.1. The van der Waals surface area contributed by atoms with Crippen molar-refractivity contribution in [2.75, 3.05) is 5.32 Å². The Morgan fingerprint density at radius 3 is 2.57 bits per heavy atom. The van der Waals surface area contributed by atoms with Gasteiger partial charge in [-0.3, -0.25) is 4.98 Å². The van der Waals surface area contributed by atoms with Crippen molar-refractivity contribution in [2.24, 2.45) is 0 Å². The molecule has 5 heteroatoms. The zero-order valence-electron chi connectivity index (χ0n) is 16.3. The molecule has 0 bridgehead atoms. The van der Waals surface area contributed by atoms with Gasteiger partial charge in [0, 0.05) is 38.8 Å². The molecule has 6 rings (SSSR count). The molecule has 3 heterocycles. The predicted molar refractivity (Wildman–Crippen MR) is 124 cm³/mol. The number of pyridine rings is 1. The van der Waals surface area contributed by atoms with E-state index in [1.165, 1.54) is 16.0 Å². The lowest BCUT2D eigenvalue weighted by molar-refractivity contribution is 1.03. The van der Waals surface area contributed by atoms with Gasteiger partial charge in [0.25, 0.3) is 0 Å². The van der Waals surface area contributed by atoms with Gasteiger partial charge in [-0.25, -0.2) is 9.97 Å². The highest BCUT2D eigenvalue weighted by Gasteiger charge is 2.23. The van der Waals surface area contributed by atoms with Gasteiger partial charge in [-0.15, -0.1) is 0 Å². The van der Waals surface area contributed by atoms with Crippen LogP contribution in [-0.4, -0.2) is 15.0 Å². The number of fused-ring (bicyclic) bond motifs is 4. The van der Waals surface area contributed by atoms with E-state index in [0.29, 0.717) is 5.82 Å². The molecule has 1 aliphatic rings. The SMILES string of the molecule is Cc1nc(-c2ccc(C3Nc4ccccc4S3)nc2)nc2c1ccc1ccccc12. The number of anilines is 1. The second-order valence-electron chi connectivity index (χ2n) is 7.43. The molecule has 0 saturated carbocycles. The first-order valence-corrected chi connectivity index (χ1v) is 10.8. The van der Waals surface area contributed by atoms with Gasteiger partial charge in [-0.1, -0.05) is 60.3 Å². The van der Waals surface area contributed by atoms with Gasteiger partial charge < -0.3 is 5.32 Å². The Morgan fingerprint density at radius 2 is 1.70 bits per heavy atom. The third kappa shape index (κ3) is 2.82. The number of rotatable bonds is 2. The number of nitrogens with one attached hydrogen (secondary N) is 1. The molecule has 0 aliphatic carbocycles. The molecule has 0 amide bonds. The van der Waals surface area contributed by atoms with E-state index in [0.717, 1.165) is 33.2 Å². The fourth-order valence-electron chi connectivity index (χ4n) is 3.96. The minimum Gasteiger partial charge on any atom is -0.367 e. The van der Waals surface area contributed by atoms with E-state index in [9.17, 15) is 0 Å². The van der Waals surface area contributed by atoms with Crippen molar-refractivity contribution < 1.29 is 0 Å². The molecular weight excluding hydrogens is 388 g/mol. The highest BCUT2D eigenvalue weighted by Crippen LogP contribution is 2.45. The summed E-state index contributed by atoms with van der Waals surface area (Å²) in [5, 5.41) is 7.08. The first-order chi connectivity index (χ1) is 14.8. The first-order valence-electron chi connectivity index (χ1n) is 9.91. The Bertz CT molecular complexity index is 1390. The van der Waals surface area contributed by atoms with Crippen LogP contribution in [0.2, 0.25) is 0 Å². The van der Waals surface area contributed by atoms with Crippen LogP contribution in [0.4, 0.5) is 5.69 Å². The van der Waals surface area contributed by atoms with Crippen LogP contribution in [0, 0.1) is 6.92 Å². The Hall–Kier alpha value is -3.44. The molecule has 1 aliphatic heterocycles. The van der Waals surface area contributed by atoms with Crippen LogP contribution in [0.15, 0.2) is 83.9 Å². The standard InChI is InChI=1S/C25H18N4S/c1-15-18-12-10-16-6-2-3-7-19(16)23(18)29-24(27-15)17-11-13-21(26-14-17)25-28-20-8-4-5-9-22(20)30-25/h2-14,25,28H,1H3. The number of para-hydroxylation sites is 1. The van der Waals surface area contributed by atoms with Crippen LogP contribution in [-0.2, 0) is 0 Å². The Kier molecular flexibility index (Phi) is 3.96. The lowest BCUT2D eigenvalue weighted by Crippen LogP contribution is -2.04.